The van der Waals surface area contributed by atoms with Crippen LogP contribution >= 0.6 is 0 Å². The number of hydrogen-bond acceptors (Lipinski definition) is 8. The molecule has 9 nitrogen and oxygen atoms in total. The van der Waals surface area contributed by atoms with E-state index in [1.165, 1.54) is 36.8 Å². The number of amides is 1. The van der Waals surface area contributed by atoms with Gasteiger partial charge < -0.3 is 21.1 Å². The Hall–Kier alpha value is -2.94. The number of aromatic nitrogens is 3. The van der Waals surface area contributed by atoms with Crippen LogP contribution in [0.3, 0.4) is 0 Å². The predicted molar refractivity (Wildman–Crippen MR) is 127 cm³/mol. The van der Waals surface area contributed by atoms with Gasteiger partial charge in [0, 0.05) is 18.6 Å². The number of benzene rings is 1. The Labute approximate surface area is 194 Å². The van der Waals surface area contributed by atoms with E-state index in [0.717, 1.165) is 56.6 Å². The number of rotatable bonds is 6. The SMILES string of the molecule is COc1cc2c(cc1Nc1nnc(C(N)=O)c(NC3CCCCC3)n1)CN1CCCCC1C2. The number of nitrogens with one attached hydrogen (secondary N) is 2. The molecule has 176 valence electrons. The zero-order chi connectivity index (χ0) is 22.8. The van der Waals surface area contributed by atoms with Crippen LogP contribution in [0, 0.1) is 0 Å². The first kappa shape index (κ1) is 21.9. The van der Waals surface area contributed by atoms with Gasteiger partial charge in [-0.25, -0.2) is 0 Å². The zero-order valence-corrected chi connectivity index (χ0v) is 19.3. The molecule has 1 amide bonds. The van der Waals surface area contributed by atoms with Crippen LogP contribution in [-0.4, -0.2) is 51.7 Å². The largest absolute Gasteiger partial charge is 0.495 e. The van der Waals surface area contributed by atoms with Gasteiger partial charge in [0.25, 0.3) is 5.91 Å². The smallest absolute Gasteiger partial charge is 0.273 e. The molecule has 3 heterocycles. The maximum atomic E-state index is 11.9. The number of hydrogen-bond donors (Lipinski definition) is 3. The van der Waals surface area contributed by atoms with Crippen molar-refractivity contribution in [1.29, 1.82) is 0 Å². The van der Waals surface area contributed by atoms with Gasteiger partial charge >= 0.3 is 0 Å². The van der Waals surface area contributed by atoms with Gasteiger partial charge in [-0.3, -0.25) is 9.69 Å². The molecule has 1 aromatic heterocycles. The Morgan fingerprint density at radius 3 is 2.70 bits per heavy atom. The Morgan fingerprint density at radius 1 is 1.09 bits per heavy atom. The number of primary amides is 1. The van der Waals surface area contributed by atoms with E-state index in [9.17, 15) is 4.79 Å². The van der Waals surface area contributed by atoms with Gasteiger partial charge in [-0.05, 0) is 61.9 Å². The second-order valence-electron chi connectivity index (χ2n) is 9.45. The summed E-state index contributed by atoms with van der Waals surface area (Å²) in [6.07, 6.45) is 10.6. The van der Waals surface area contributed by atoms with Crippen molar-refractivity contribution in [2.75, 3.05) is 24.3 Å². The third-order valence-electron chi connectivity index (χ3n) is 7.21. The monoisotopic (exact) mass is 451 g/mol. The highest BCUT2D eigenvalue weighted by atomic mass is 16.5. The summed E-state index contributed by atoms with van der Waals surface area (Å²) in [5, 5.41) is 14.8. The van der Waals surface area contributed by atoms with Crippen LogP contribution in [0.5, 0.6) is 5.75 Å². The van der Waals surface area contributed by atoms with Gasteiger partial charge in [0.15, 0.2) is 11.5 Å². The minimum absolute atomic E-state index is 0.0691. The van der Waals surface area contributed by atoms with Gasteiger partial charge in [0.1, 0.15) is 5.75 Å². The Kier molecular flexibility index (Phi) is 6.30. The molecule has 2 aliphatic heterocycles. The topological polar surface area (TPSA) is 118 Å². The van der Waals surface area contributed by atoms with Crippen LogP contribution < -0.4 is 21.1 Å². The van der Waals surface area contributed by atoms with Gasteiger partial charge in [-0.2, -0.15) is 4.98 Å². The quantitative estimate of drug-likeness (QED) is 0.612. The number of ether oxygens (including phenoxy) is 1. The molecular weight excluding hydrogens is 418 g/mol. The van der Waals surface area contributed by atoms with Crippen molar-refractivity contribution in [3.63, 3.8) is 0 Å². The Morgan fingerprint density at radius 2 is 1.91 bits per heavy atom. The summed E-state index contributed by atoms with van der Waals surface area (Å²) < 4.78 is 5.69. The molecule has 0 spiro atoms. The third kappa shape index (κ3) is 4.73. The summed E-state index contributed by atoms with van der Waals surface area (Å²) in [6, 6.07) is 5.17. The lowest BCUT2D eigenvalue weighted by atomic mass is 9.88. The van der Waals surface area contributed by atoms with Crippen molar-refractivity contribution in [3.05, 3.63) is 29.0 Å². The highest BCUT2D eigenvalue weighted by Crippen LogP contribution is 2.36. The molecule has 0 radical (unpaired) electrons. The molecule has 0 bridgehead atoms. The number of fused-ring (bicyclic) bond motifs is 2. The molecule has 1 aliphatic carbocycles. The van der Waals surface area contributed by atoms with E-state index in [0.29, 0.717) is 17.8 Å². The average molecular weight is 452 g/mol. The van der Waals surface area contributed by atoms with Crippen LogP contribution in [-0.2, 0) is 13.0 Å². The highest BCUT2D eigenvalue weighted by Gasteiger charge is 2.29. The minimum Gasteiger partial charge on any atom is -0.495 e. The number of anilines is 3. The third-order valence-corrected chi connectivity index (χ3v) is 7.21. The van der Waals surface area contributed by atoms with Crippen molar-refractivity contribution < 1.29 is 9.53 Å². The maximum absolute atomic E-state index is 11.9. The second-order valence-corrected chi connectivity index (χ2v) is 9.45. The maximum Gasteiger partial charge on any atom is 0.273 e. The fourth-order valence-corrected chi connectivity index (χ4v) is 5.45. The molecule has 33 heavy (non-hydrogen) atoms. The molecule has 5 rings (SSSR count). The van der Waals surface area contributed by atoms with Gasteiger partial charge in [-0.1, -0.05) is 25.7 Å². The Bertz CT molecular complexity index is 1020. The molecule has 1 aromatic carbocycles. The van der Waals surface area contributed by atoms with Gasteiger partial charge in [0.2, 0.25) is 5.95 Å². The number of carbonyl (C=O) groups is 1. The number of nitrogens with zero attached hydrogens (tertiary/aromatic N) is 4. The van der Waals surface area contributed by atoms with Crippen LogP contribution in [0.25, 0.3) is 0 Å². The van der Waals surface area contributed by atoms with Crippen LogP contribution in [0.2, 0.25) is 0 Å². The molecule has 3 aliphatic rings. The summed E-state index contributed by atoms with van der Waals surface area (Å²) in [5.74, 6) is 0.813. The molecule has 2 aromatic rings. The molecule has 1 atom stereocenters. The molecule has 1 saturated carbocycles. The fourth-order valence-electron chi connectivity index (χ4n) is 5.45. The zero-order valence-electron chi connectivity index (χ0n) is 19.3. The first-order chi connectivity index (χ1) is 16.1. The van der Waals surface area contributed by atoms with Crippen molar-refractivity contribution >= 4 is 23.4 Å². The summed E-state index contributed by atoms with van der Waals surface area (Å²) in [5.41, 5.74) is 9.05. The van der Waals surface area contributed by atoms with Crippen LogP contribution in [0.1, 0.15) is 73.0 Å². The normalized spacial score (nSPS) is 21.1. The molecule has 1 unspecified atom stereocenters. The average Bonchev–Trinajstić information content (AvgIpc) is 2.83. The van der Waals surface area contributed by atoms with Crippen molar-refractivity contribution in [2.45, 2.75) is 76.4 Å². The summed E-state index contributed by atoms with van der Waals surface area (Å²) >= 11 is 0. The van der Waals surface area contributed by atoms with E-state index in [1.807, 2.05) is 0 Å². The van der Waals surface area contributed by atoms with Crippen molar-refractivity contribution in [2.24, 2.45) is 5.73 Å². The van der Waals surface area contributed by atoms with E-state index in [1.54, 1.807) is 7.11 Å². The fraction of sp³-hybridized carbons (Fsp3) is 0.583. The lowest BCUT2D eigenvalue weighted by molar-refractivity contribution is 0.0995. The number of nitrogens with two attached hydrogens (primary N) is 1. The van der Waals surface area contributed by atoms with Crippen molar-refractivity contribution in [1.82, 2.24) is 20.1 Å². The predicted octanol–water partition coefficient (Wildman–Crippen LogP) is 3.38. The van der Waals surface area contributed by atoms with E-state index in [-0.39, 0.29) is 11.7 Å². The number of methoxy groups -OCH3 is 1. The van der Waals surface area contributed by atoms with E-state index < -0.39 is 5.91 Å². The first-order valence-electron chi connectivity index (χ1n) is 12.1. The first-order valence-corrected chi connectivity index (χ1v) is 12.1. The van der Waals surface area contributed by atoms with E-state index >= 15 is 0 Å². The number of piperidine rings is 1. The van der Waals surface area contributed by atoms with Gasteiger partial charge in [0.05, 0.1) is 12.8 Å². The van der Waals surface area contributed by atoms with Crippen molar-refractivity contribution in [3.8, 4) is 5.75 Å². The number of carbonyl (C=O) groups excluding carboxylic acids is 1. The molecule has 1 saturated heterocycles. The van der Waals surface area contributed by atoms with Crippen LogP contribution in [0.15, 0.2) is 12.1 Å². The molecular formula is C24H33N7O2. The molecule has 9 heteroatoms. The second kappa shape index (κ2) is 9.51. The summed E-state index contributed by atoms with van der Waals surface area (Å²) in [7, 11) is 1.67. The van der Waals surface area contributed by atoms with Crippen LogP contribution in [0.4, 0.5) is 17.5 Å². The van der Waals surface area contributed by atoms with Gasteiger partial charge in [-0.15, -0.1) is 10.2 Å². The summed E-state index contributed by atoms with van der Waals surface area (Å²) in [4.78, 5) is 19.1. The standard InChI is InChI=1S/C24H33N7O2/c1-33-20-13-15-11-18-9-5-6-10-31(18)14-16(15)12-19(20)27-24-28-23(21(22(25)32)29-30-24)26-17-7-3-2-4-8-17/h12-13,17-18H,2-11,14H2,1H3,(H2,25,32)(H2,26,27,28,30). The van der Waals surface area contributed by atoms with E-state index in [4.69, 9.17) is 10.5 Å². The Balaban J connectivity index is 1.41. The lowest BCUT2D eigenvalue weighted by Gasteiger charge is -2.40. The molecule has 2 fully saturated rings. The lowest BCUT2D eigenvalue weighted by Crippen LogP contribution is -2.43. The van der Waals surface area contributed by atoms with E-state index in [2.05, 4.69) is 42.8 Å². The minimum atomic E-state index is -0.637. The highest BCUT2D eigenvalue weighted by molar-refractivity contribution is 5.95. The summed E-state index contributed by atoms with van der Waals surface area (Å²) in [6.45, 7) is 2.11. The molecule has 4 N–H and O–H groups in total.